The summed E-state index contributed by atoms with van der Waals surface area (Å²) in [4.78, 5) is 48.4. The lowest BCUT2D eigenvalue weighted by Gasteiger charge is -2.28. The van der Waals surface area contributed by atoms with Crippen molar-refractivity contribution in [3.05, 3.63) is 82.2 Å². The normalized spacial score (nSPS) is 18.6. The summed E-state index contributed by atoms with van der Waals surface area (Å²) in [5, 5.41) is 10.7. The molecule has 2 aromatic rings. The van der Waals surface area contributed by atoms with E-state index in [9.17, 15) is 19.2 Å². The molecule has 0 saturated heterocycles. The maximum atomic E-state index is 12.3. The van der Waals surface area contributed by atoms with Crippen molar-refractivity contribution in [3.63, 3.8) is 0 Å². The number of ether oxygens (including phenoxy) is 4. The monoisotopic (exact) mass is 550 g/mol. The molecule has 2 aliphatic rings. The Labute approximate surface area is 230 Å². The fourth-order valence-electron chi connectivity index (χ4n) is 4.48. The van der Waals surface area contributed by atoms with Crippen LogP contribution in [0.2, 0.25) is 0 Å². The average Bonchev–Trinajstić information content (AvgIpc) is 2.94. The molecule has 40 heavy (non-hydrogen) atoms. The third kappa shape index (κ3) is 6.17. The van der Waals surface area contributed by atoms with E-state index in [2.05, 4.69) is 21.3 Å². The summed E-state index contributed by atoms with van der Waals surface area (Å²) in [6.45, 7) is 3.81. The number of carbonyl (C=O) groups is 4. The van der Waals surface area contributed by atoms with E-state index in [1.807, 2.05) is 0 Å². The Balaban J connectivity index is 1.32. The quantitative estimate of drug-likeness (QED) is 0.275. The van der Waals surface area contributed by atoms with Gasteiger partial charge in [-0.1, -0.05) is 24.3 Å². The second-order valence-corrected chi connectivity index (χ2v) is 8.96. The third-order valence-corrected chi connectivity index (χ3v) is 6.40. The van der Waals surface area contributed by atoms with Gasteiger partial charge in [-0.2, -0.15) is 0 Å². The van der Waals surface area contributed by atoms with E-state index in [1.54, 1.807) is 62.4 Å². The number of benzene rings is 2. The number of urea groups is 2. The molecule has 2 atom stereocenters. The Morgan fingerprint density at radius 1 is 0.650 bits per heavy atom. The predicted molar refractivity (Wildman–Crippen MR) is 142 cm³/mol. The van der Waals surface area contributed by atoms with Crippen LogP contribution in [0.25, 0.3) is 0 Å². The number of hydrogen-bond donors (Lipinski definition) is 4. The smallest absolute Gasteiger partial charge is 0.337 e. The maximum absolute atomic E-state index is 12.3. The summed E-state index contributed by atoms with van der Waals surface area (Å²) in [7, 11) is 2.58. The highest BCUT2D eigenvalue weighted by atomic mass is 16.5. The molecular weight excluding hydrogens is 520 g/mol. The number of esters is 2. The zero-order chi connectivity index (χ0) is 28.8. The molecule has 0 aromatic heterocycles. The van der Waals surface area contributed by atoms with Gasteiger partial charge in [-0.15, -0.1) is 0 Å². The molecule has 4 N–H and O–H groups in total. The molecule has 2 aliphatic heterocycles. The second kappa shape index (κ2) is 12.2. The van der Waals surface area contributed by atoms with Crippen LogP contribution in [0.4, 0.5) is 9.59 Å². The Kier molecular flexibility index (Phi) is 8.57. The summed E-state index contributed by atoms with van der Waals surface area (Å²) < 4.78 is 21.3. The van der Waals surface area contributed by atoms with Crippen molar-refractivity contribution in [3.8, 4) is 11.5 Å². The lowest BCUT2D eigenvalue weighted by molar-refractivity contribution is -0.137. The Morgan fingerprint density at radius 2 is 1.00 bits per heavy atom. The van der Waals surface area contributed by atoms with Crippen molar-refractivity contribution in [2.24, 2.45) is 0 Å². The van der Waals surface area contributed by atoms with Gasteiger partial charge >= 0.3 is 24.0 Å². The summed E-state index contributed by atoms with van der Waals surface area (Å²) in [5.74, 6) is 0.109. The predicted octanol–water partition coefficient (Wildman–Crippen LogP) is 2.75. The SMILES string of the molecule is COC(=O)C1=C(C)NC(=O)NC1c1ccc(OCCOc2ccc(C3NC(=O)NC(C)=C3C(=O)OC)cc2)cc1. The van der Waals surface area contributed by atoms with Crippen molar-refractivity contribution in [2.45, 2.75) is 25.9 Å². The van der Waals surface area contributed by atoms with Gasteiger partial charge in [0.2, 0.25) is 0 Å². The van der Waals surface area contributed by atoms with E-state index in [0.717, 1.165) is 0 Å². The lowest BCUT2D eigenvalue weighted by Crippen LogP contribution is -2.45. The molecule has 4 amide bonds. The number of methoxy groups -OCH3 is 2. The topological polar surface area (TPSA) is 153 Å². The van der Waals surface area contributed by atoms with Crippen molar-refractivity contribution >= 4 is 24.0 Å². The van der Waals surface area contributed by atoms with E-state index in [4.69, 9.17) is 18.9 Å². The van der Waals surface area contributed by atoms with E-state index < -0.39 is 36.1 Å². The van der Waals surface area contributed by atoms with Crippen LogP contribution >= 0.6 is 0 Å². The third-order valence-electron chi connectivity index (χ3n) is 6.40. The number of rotatable bonds is 9. The van der Waals surface area contributed by atoms with Gasteiger partial charge in [-0.3, -0.25) is 0 Å². The largest absolute Gasteiger partial charge is 0.490 e. The Bertz CT molecular complexity index is 1260. The molecule has 2 aromatic carbocycles. The molecule has 0 aliphatic carbocycles. The van der Waals surface area contributed by atoms with Crippen LogP contribution < -0.4 is 30.7 Å². The van der Waals surface area contributed by atoms with Crippen molar-refractivity contribution in [1.29, 1.82) is 0 Å². The molecule has 12 nitrogen and oxygen atoms in total. The first-order valence-electron chi connectivity index (χ1n) is 12.4. The molecule has 4 rings (SSSR count). The van der Waals surface area contributed by atoms with Crippen LogP contribution in [0.3, 0.4) is 0 Å². The first-order chi connectivity index (χ1) is 19.2. The minimum Gasteiger partial charge on any atom is -0.490 e. The number of carbonyl (C=O) groups excluding carboxylic acids is 4. The van der Waals surface area contributed by atoms with Gasteiger partial charge in [-0.25, -0.2) is 19.2 Å². The molecule has 0 radical (unpaired) electrons. The van der Waals surface area contributed by atoms with Gasteiger partial charge in [0.15, 0.2) is 0 Å². The van der Waals surface area contributed by atoms with Gasteiger partial charge in [0.05, 0.1) is 37.4 Å². The maximum Gasteiger partial charge on any atom is 0.337 e. The zero-order valence-electron chi connectivity index (χ0n) is 22.5. The molecule has 0 fully saturated rings. The van der Waals surface area contributed by atoms with Gasteiger partial charge in [0.1, 0.15) is 24.7 Å². The van der Waals surface area contributed by atoms with E-state index >= 15 is 0 Å². The second-order valence-electron chi connectivity index (χ2n) is 8.96. The van der Waals surface area contributed by atoms with Gasteiger partial charge < -0.3 is 40.2 Å². The molecule has 2 heterocycles. The van der Waals surface area contributed by atoms with Gasteiger partial charge in [-0.05, 0) is 49.2 Å². The van der Waals surface area contributed by atoms with Crippen molar-refractivity contribution in [1.82, 2.24) is 21.3 Å². The summed E-state index contributed by atoms with van der Waals surface area (Å²) in [5.41, 5.74) is 2.91. The minimum atomic E-state index is -0.650. The fraction of sp³-hybridized carbons (Fsp3) is 0.286. The standard InChI is InChI=1S/C28H30N4O8/c1-15-21(25(33)37-3)23(31-27(35)29-15)17-5-9-19(10-6-17)39-13-14-40-20-11-7-18(8-12-20)24-22(26(34)38-4)16(2)30-28(36)32-24/h5-12,23-24H,13-14H2,1-4H3,(H2,29,31,35)(H2,30,32,36). The first-order valence-corrected chi connectivity index (χ1v) is 12.4. The van der Waals surface area contributed by atoms with E-state index in [0.29, 0.717) is 45.2 Å². The number of hydrogen-bond acceptors (Lipinski definition) is 8. The lowest BCUT2D eigenvalue weighted by atomic mass is 9.95. The molecule has 0 spiro atoms. The molecule has 2 unspecified atom stereocenters. The Morgan fingerprint density at radius 3 is 1.32 bits per heavy atom. The highest BCUT2D eigenvalue weighted by Gasteiger charge is 2.33. The summed E-state index contributed by atoms with van der Waals surface area (Å²) >= 11 is 0. The molecular formula is C28H30N4O8. The fourth-order valence-corrected chi connectivity index (χ4v) is 4.48. The van der Waals surface area contributed by atoms with Crippen LogP contribution in [-0.4, -0.2) is 51.4 Å². The number of nitrogens with one attached hydrogen (secondary N) is 4. The van der Waals surface area contributed by atoms with Gasteiger partial charge in [0, 0.05) is 11.4 Å². The number of allylic oxidation sites excluding steroid dienone is 2. The highest BCUT2D eigenvalue weighted by molar-refractivity contribution is 5.95. The highest BCUT2D eigenvalue weighted by Crippen LogP contribution is 2.30. The van der Waals surface area contributed by atoms with E-state index in [-0.39, 0.29) is 13.2 Å². The minimum absolute atomic E-state index is 0.260. The number of amides is 4. The molecule has 0 bridgehead atoms. The van der Waals surface area contributed by atoms with Crippen LogP contribution in [0.15, 0.2) is 71.1 Å². The van der Waals surface area contributed by atoms with E-state index in [1.165, 1.54) is 14.2 Å². The average molecular weight is 551 g/mol. The van der Waals surface area contributed by atoms with Crippen LogP contribution in [0, 0.1) is 0 Å². The van der Waals surface area contributed by atoms with Crippen LogP contribution in [-0.2, 0) is 19.1 Å². The first kappa shape index (κ1) is 28.0. The molecule has 0 saturated carbocycles. The van der Waals surface area contributed by atoms with Gasteiger partial charge in [0.25, 0.3) is 0 Å². The molecule has 12 heteroatoms. The van der Waals surface area contributed by atoms with Crippen LogP contribution in [0.5, 0.6) is 11.5 Å². The van der Waals surface area contributed by atoms with Crippen molar-refractivity contribution < 1.29 is 38.1 Å². The Hall–Kier alpha value is -5.00. The van der Waals surface area contributed by atoms with Crippen LogP contribution in [0.1, 0.15) is 37.1 Å². The summed E-state index contributed by atoms with van der Waals surface area (Å²) in [6, 6.07) is 11.9. The van der Waals surface area contributed by atoms with Crippen molar-refractivity contribution in [2.75, 3.05) is 27.4 Å². The molecule has 210 valence electrons. The summed E-state index contributed by atoms with van der Waals surface area (Å²) in [6.07, 6.45) is 0. The zero-order valence-corrected chi connectivity index (χ0v) is 22.5.